The Bertz CT molecular complexity index is 1170. The molecular weight excluding hydrogens is 440 g/mol. The van der Waals surface area contributed by atoms with Crippen molar-refractivity contribution < 1.29 is 38.9 Å². The lowest BCUT2D eigenvalue weighted by Crippen LogP contribution is -2.54. The number of nitrogens with zero attached hydrogens (tertiary/aromatic N) is 1. The molecule has 0 aromatic heterocycles. The summed E-state index contributed by atoms with van der Waals surface area (Å²) in [4.78, 5) is 48.5. The lowest BCUT2D eigenvalue weighted by atomic mass is 10.1. The standard InChI is InChI=1S/C21H16N2O8S/c1-30-16-8-11(5-6-15(16)31-10-17(24)25)7-14-18(26)22-21(32)23(19(14)27)13-4-2-3-12(9-13)20(28)29/h2-9H,10H2,1H3,(H,24,25)(H,28,29)(H,22,26,32). The van der Waals surface area contributed by atoms with Crippen LogP contribution in [0.4, 0.5) is 5.69 Å². The molecule has 11 heteroatoms. The number of carbonyl (C=O) groups is 4. The van der Waals surface area contributed by atoms with Gasteiger partial charge in [0.15, 0.2) is 23.2 Å². The van der Waals surface area contributed by atoms with Crippen molar-refractivity contribution in [2.24, 2.45) is 0 Å². The molecule has 0 unspecified atom stereocenters. The molecule has 1 saturated heterocycles. The number of amides is 2. The topological polar surface area (TPSA) is 142 Å². The number of methoxy groups -OCH3 is 1. The Morgan fingerprint density at radius 3 is 2.53 bits per heavy atom. The highest BCUT2D eigenvalue weighted by molar-refractivity contribution is 7.80. The summed E-state index contributed by atoms with van der Waals surface area (Å²) >= 11 is 5.11. The second-order valence-corrected chi connectivity index (χ2v) is 6.79. The predicted molar refractivity (Wildman–Crippen MR) is 116 cm³/mol. The fourth-order valence-electron chi connectivity index (χ4n) is 2.87. The van der Waals surface area contributed by atoms with Gasteiger partial charge in [-0.2, -0.15) is 0 Å². The van der Waals surface area contributed by atoms with Crippen LogP contribution in [-0.4, -0.2) is 52.8 Å². The first-order valence-corrected chi connectivity index (χ1v) is 9.39. The van der Waals surface area contributed by atoms with Crippen LogP contribution in [0.15, 0.2) is 48.0 Å². The number of carboxylic acid groups (broad SMARTS) is 2. The smallest absolute Gasteiger partial charge is 0.341 e. The van der Waals surface area contributed by atoms with Gasteiger partial charge in [-0.3, -0.25) is 19.8 Å². The summed E-state index contributed by atoms with van der Waals surface area (Å²) in [6.07, 6.45) is 1.30. The molecule has 3 N–H and O–H groups in total. The molecule has 1 heterocycles. The fourth-order valence-corrected chi connectivity index (χ4v) is 3.15. The number of aromatic carboxylic acids is 1. The van der Waals surface area contributed by atoms with E-state index in [-0.39, 0.29) is 33.4 Å². The minimum atomic E-state index is -1.18. The largest absolute Gasteiger partial charge is 0.493 e. The normalized spacial score (nSPS) is 14.8. The molecule has 0 aliphatic carbocycles. The number of anilines is 1. The molecular formula is C21H16N2O8S. The van der Waals surface area contributed by atoms with E-state index in [0.29, 0.717) is 5.56 Å². The van der Waals surface area contributed by atoms with Gasteiger partial charge in [-0.15, -0.1) is 0 Å². The molecule has 1 fully saturated rings. The molecule has 0 saturated carbocycles. The van der Waals surface area contributed by atoms with E-state index >= 15 is 0 Å². The predicted octanol–water partition coefficient (Wildman–Crippen LogP) is 1.69. The monoisotopic (exact) mass is 456 g/mol. The van der Waals surface area contributed by atoms with Crippen molar-refractivity contribution in [3.05, 3.63) is 59.2 Å². The number of hydrogen-bond acceptors (Lipinski definition) is 7. The maximum absolute atomic E-state index is 13.1. The van der Waals surface area contributed by atoms with Gasteiger partial charge in [-0.25, -0.2) is 9.59 Å². The first kappa shape index (κ1) is 22.4. The van der Waals surface area contributed by atoms with Crippen molar-refractivity contribution in [3.8, 4) is 11.5 Å². The van der Waals surface area contributed by atoms with Crippen molar-refractivity contribution in [1.29, 1.82) is 0 Å². The first-order valence-electron chi connectivity index (χ1n) is 8.98. The maximum Gasteiger partial charge on any atom is 0.341 e. The number of hydrogen-bond donors (Lipinski definition) is 3. The zero-order chi connectivity index (χ0) is 23.4. The highest BCUT2D eigenvalue weighted by Gasteiger charge is 2.34. The molecule has 2 aromatic rings. The van der Waals surface area contributed by atoms with Gasteiger partial charge in [-0.1, -0.05) is 12.1 Å². The van der Waals surface area contributed by atoms with E-state index in [1.165, 1.54) is 55.7 Å². The lowest BCUT2D eigenvalue weighted by molar-refractivity contribution is -0.139. The number of thiocarbonyl (C=S) groups is 1. The minimum Gasteiger partial charge on any atom is -0.493 e. The van der Waals surface area contributed by atoms with E-state index in [2.05, 4.69) is 5.32 Å². The van der Waals surface area contributed by atoms with Gasteiger partial charge in [0.05, 0.1) is 18.4 Å². The Kier molecular flexibility index (Phi) is 6.50. The van der Waals surface area contributed by atoms with Gasteiger partial charge in [-0.05, 0) is 54.2 Å². The Labute approximate surface area is 186 Å². The zero-order valence-electron chi connectivity index (χ0n) is 16.5. The highest BCUT2D eigenvalue weighted by atomic mass is 32.1. The molecule has 32 heavy (non-hydrogen) atoms. The quantitative estimate of drug-likeness (QED) is 0.322. The fraction of sp³-hybridized carbons (Fsp3) is 0.0952. The van der Waals surface area contributed by atoms with Crippen molar-refractivity contribution in [2.45, 2.75) is 0 Å². The molecule has 1 aliphatic heterocycles. The van der Waals surface area contributed by atoms with Crippen LogP contribution in [-0.2, 0) is 14.4 Å². The first-order chi connectivity index (χ1) is 15.2. The third kappa shape index (κ3) is 4.73. The second-order valence-electron chi connectivity index (χ2n) is 6.41. The van der Waals surface area contributed by atoms with Crippen LogP contribution in [0.5, 0.6) is 11.5 Å². The van der Waals surface area contributed by atoms with Crippen molar-refractivity contribution >= 4 is 52.8 Å². The summed E-state index contributed by atoms with van der Waals surface area (Å²) in [6, 6.07) is 9.98. The van der Waals surface area contributed by atoms with E-state index in [9.17, 15) is 24.3 Å². The van der Waals surface area contributed by atoms with Crippen molar-refractivity contribution in [2.75, 3.05) is 18.6 Å². The average molecular weight is 456 g/mol. The SMILES string of the molecule is COc1cc(C=C2C(=O)NC(=S)N(c3cccc(C(=O)O)c3)C2=O)ccc1OCC(=O)O. The summed E-state index contributed by atoms with van der Waals surface area (Å²) in [5.74, 6) is -3.44. The lowest BCUT2D eigenvalue weighted by Gasteiger charge is -2.29. The molecule has 3 rings (SSSR count). The van der Waals surface area contributed by atoms with Crippen molar-refractivity contribution in [3.63, 3.8) is 0 Å². The maximum atomic E-state index is 13.1. The summed E-state index contributed by atoms with van der Waals surface area (Å²) in [7, 11) is 1.36. The third-order valence-electron chi connectivity index (χ3n) is 4.30. The summed E-state index contributed by atoms with van der Waals surface area (Å²) in [5.41, 5.74) is 0.277. The molecule has 1 aliphatic rings. The molecule has 0 atom stereocenters. The summed E-state index contributed by atoms with van der Waals surface area (Å²) in [5, 5.41) is 20.2. The summed E-state index contributed by atoms with van der Waals surface area (Å²) < 4.78 is 10.3. The molecule has 0 radical (unpaired) electrons. The van der Waals surface area contributed by atoms with Crippen LogP contribution in [0.25, 0.3) is 6.08 Å². The van der Waals surface area contributed by atoms with E-state index in [1.807, 2.05) is 0 Å². The highest BCUT2D eigenvalue weighted by Crippen LogP contribution is 2.30. The van der Waals surface area contributed by atoms with Gasteiger partial charge in [0.25, 0.3) is 11.8 Å². The van der Waals surface area contributed by atoms with Gasteiger partial charge in [0.1, 0.15) is 5.57 Å². The number of rotatable bonds is 7. The average Bonchev–Trinajstić information content (AvgIpc) is 2.75. The number of aliphatic carboxylic acids is 1. The Morgan fingerprint density at radius 1 is 1.12 bits per heavy atom. The van der Waals surface area contributed by atoms with Crippen LogP contribution >= 0.6 is 12.2 Å². The van der Waals surface area contributed by atoms with Gasteiger partial charge in [0.2, 0.25) is 0 Å². The number of benzene rings is 2. The van der Waals surface area contributed by atoms with E-state index in [4.69, 9.17) is 26.8 Å². The molecule has 2 aromatic carbocycles. The third-order valence-corrected chi connectivity index (χ3v) is 4.59. The van der Waals surface area contributed by atoms with Crippen LogP contribution in [0.1, 0.15) is 15.9 Å². The zero-order valence-corrected chi connectivity index (χ0v) is 17.3. The molecule has 164 valence electrons. The number of ether oxygens (including phenoxy) is 2. The Balaban J connectivity index is 1.96. The molecule has 10 nitrogen and oxygen atoms in total. The van der Waals surface area contributed by atoms with E-state index < -0.39 is 30.4 Å². The van der Waals surface area contributed by atoms with Gasteiger partial charge >= 0.3 is 11.9 Å². The van der Waals surface area contributed by atoms with Crippen LogP contribution in [0.2, 0.25) is 0 Å². The van der Waals surface area contributed by atoms with E-state index in [1.54, 1.807) is 0 Å². The van der Waals surface area contributed by atoms with Crippen LogP contribution in [0.3, 0.4) is 0 Å². The molecule has 0 bridgehead atoms. The second kappa shape index (κ2) is 9.27. The van der Waals surface area contributed by atoms with Crippen LogP contribution < -0.4 is 19.7 Å². The van der Waals surface area contributed by atoms with E-state index in [0.717, 1.165) is 4.90 Å². The number of carboxylic acids is 2. The molecule has 2 amide bonds. The van der Waals surface area contributed by atoms with Gasteiger partial charge in [0, 0.05) is 0 Å². The van der Waals surface area contributed by atoms with Crippen LogP contribution in [0, 0.1) is 0 Å². The number of carbonyl (C=O) groups excluding carboxylic acids is 2. The molecule has 0 spiro atoms. The van der Waals surface area contributed by atoms with Crippen molar-refractivity contribution in [1.82, 2.24) is 5.32 Å². The summed E-state index contributed by atoms with van der Waals surface area (Å²) in [6.45, 7) is -0.570. The minimum absolute atomic E-state index is 0.0535. The number of nitrogens with one attached hydrogen (secondary N) is 1. The van der Waals surface area contributed by atoms with Gasteiger partial charge < -0.3 is 19.7 Å². The Hall–Kier alpha value is -4.25. The Morgan fingerprint density at radius 2 is 1.88 bits per heavy atom.